The van der Waals surface area contributed by atoms with Crippen LogP contribution in [0.25, 0.3) is 5.52 Å². The number of benzene rings is 1. The van der Waals surface area contributed by atoms with E-state index < -0.39 is 0 Å². The van der Waals surface area contributed by atoms with Gasteiger partial charge in [-0.15, -0.1) is 0 Å². The van der Waals surface area contributed by atoms with Crippen LogP contribution in [-0.4, -0.2) is 9.38 Å². The molecular weight excluding hydrogens is 222 g/mol. The summed E-state index contributed by atoms with van der Waals surface area (Å²) in [5, 5.41) is 0. The number of nitrogens with zero attached hydrogens (tertiary/aromatic N) is 2. The largest absolute Gasteiger partial charge is 0.399 e. The maximum atomic E-state index is 5.95. The predicted molar refractivity (Wildman–Crippen MR) is 73.5 cm³/mol. The van der Waals surface area contributed by atoms with Gasteiger partial charge in [-0.05, 0) is 30.2 Å². The highest BCUT2D eigenvalue weighted by Gasteiger charge is 2.04. The Labute approximate surface area is 106 Å². The summed E-state index contributed by atoms with van der Waals surface area (Å²) in [6, 6.07) is 14.1. The Bertz CT molecular complexity index is 670. The van der Waals surface area contributed by atoms with E-state index >= 15 is 0 Å². The number of fused-ring (bicyclic) bond motifs is 1. The van der Waals surface area contributed by atoms with Crippen LogP contribution in [0.3, 0.4) is 0 Å². The van der Waals surface area contributed by atoms with Gasteiger partial charge in [-0.3, -0.25) is 0 Å². The first-order valence-corrected chi connectivity index (χ1v) is 6.09. The number of para-hydroxylation sites is 1. The molecule has 2 N–H and O–H groups in total. The molecule has 3 nitrogen and oxygen atoms in total. The second-order valence-electron chi connectivity index (χ2n) is 4.37. The molecule has 0 aliphatic rings. The van der Waals surface area contributed by atoms with Gasteiger partial charge < -0.3 is 10.1 Å². The number of anilines is 1. The minimum absolute atomic E-state index is 0.860. The Balaban J connectivity index is 1.83. The second-order valence-corrected chi connectivity index (χ2v) is 4.37. The van der Waals surface area contributed by atoms with Crippen molar-refractivity contribution in [2.45, 2.75) is 12.8 Å². The number of nitrogens with two attached hydrogens (primary N) is 1. The van der Waals surface area contributed by atoms with Crippen molar-refractivity contribution < 1.29 is 0 Å². The van der Waals surface area contributed by atoms with Crippen LogP contribution < -0.4 is 5.73 Å². The summed E-state index contributed by atoms with van der Waals surface area (Å²) in [6.45, 7) is 0. The van der Waals surface area contributed by atoms with Gasteiger partial charge in [-0.1, -0.05) is 24.3 Å². The van der Waals surface area contributed by atoms with Gasteiger partial charge in [-0.2, -0.15) is 0 Å². The number of hydrogen-bond acceptors (Lipinski definition) is 2. The smallest absolute Gasteiger partial charge is 0.113 e. The van der Waals surface area contributed by atoms with Gasteiger partial charge in [0, 0.05) is 18.3 Å². The maximum Gasteiger partial charge on any atom is 0.113 e. The van der Waals surface area contributed by atoms with Crippen molar-refractivity contribution in [3.8, 4) is 0 Å². The second kappa shape index (κ2) is 4.53. The van der Waals surface area contributed by atoms with E-state index in [1.807, 2.05) is 42.7 Å². The molecule has 1 aromatic carbocycles. The lowest BCUT2D eigenvalue weighted by molar-refractivity contribution is 0.855. The first-order chi connectivity index (χ1) is 8.84. The molecule has 3 heteroatoms. The number of rotatable bonds is 3. The molecule has 0 aliphatic heterocycles. The Morgan fingerprint density at radius 3 is 2.72 bits per heavy atom. The van der Waals surface area contributed by atoms with E-state index in [0.717, 1.165) is 29.9 Å². The molecular formula is C15H15N3. The zero-order chi connectivity index (χ0) is 12.4. The molecule has 0 amide bonds. The van der Waals surface area contributed by atoms with Crippen molar-refractivity contribution in [3.05, 3.63) is 66.2 Å². The van der Waals surface area contributed by atoms with Crippen LogP contribution in [0.5, 0.6) is 0 Å². The summed E-state index contributed by atoms with van der Waals surface area (Å²) in [5.41, 5.74) is 9.12. The highest BCUT2D eigenvalue weighted by molar-refractivity contribution is 5.47. The van der Waals surface area contributed by atoms with Gasteiger partial charge in [0.05, 0.1) is 11.7 Å². The van der Waals surface area contributed by atoms with E-state index in [0.29, 0.717) is 0 Å². The van der Waals surface area contributed by atoms with Gasteiger partial charge in [-0.25, -0.2) is 4.98 Å². The predicted octanol–water partition coefficient (Wildman–Crippen LogP) is 2.70. The van der Waals surface area contributed by atoms with Gasteiger partial charge >= 0.3 is 0 Å². The maximum absolute atomic E-state index is 5.95. The Hall–Kier alpha value is -2.29. The molecule has 2 aromatic heterocycles. The number of hydrogen-bond donors (Lipinski definition) is 1. The highest BCUT2D eigenvalue weighted by atomic mass is 15.0. The van der Waals surface area contributed by atoms with E-state index in [1.54, 1.807) is 0 Å². The van der Waals surface area contributed by atoms with E-state index in [2.05, 4.69) is 21.5 Å². The van der Waals surface area contributed by atoms with Gasteiger partial charge in [0.25, 0.3) is 0 Å². The molecule has 18 heavy (non-hydrogen) atoms. The molecule has 3 rings (SSSR count). The van der Waals surface area contributed by atoms with Crippen LogP contribution >= 0.6 is 0 Å². The average molecular weight is 237 g/mol. The Morgan fingerprint density at radius 2 is 1.83 bits per heavy atom. The van der Waals surface area contributed by atoms with Gasteiger partial charge in [0.2, 0.25) is 0 Å². The molecule has 3 aromatic rings. The average Bonchev–Trinajstić information content (AvgIpc) is 2.81. The fraction of sp³-hybridized carbons (Fsp3) is 0.133. The number of pyridine rings is 1. The van der Waals surface area contributed by atoms with Crippen molar-refractivity contribution in [1.82, 2.24) is 9.38 Å². The minimum atomic E-state index is 0.860. The zero-order valence-corrected chi connectivity index (χ0v) is 10.1. The van der Waals surface area contributed by atoms with Crippen LogP contribution in [0, 0.1) is 0 Å². The topological polar surface area (TPSA) is 43.3 Å². The lowest BCUT2D eigenvalue weighted by atomic mass is 10.1. The lowest BCUT2D eigenvalue weighted by Crippen LogP contribution is -2.00. The summed E-state index contributed by atoms with van der Waals surface area (Å²) in [6.07, 6.45) is 5.77. The van der Waals surface area contributed by atoms with E-state index in [-0.39, 0.29) is 0 Å². The van der Waals surface area contributed by atoms with Crippen LogP contribution in [0.1, 0.15) is 11.4 Å². The molecule has 90 valence electrons. The monoisotopic (exact) mass is 237 g/mol. The molecule has 0 atom stereocenters. The van der Waals surface area contributed by atoms with Crippen molar-refractivity contribution in [2.75, 3.05) is 5.73 Å². The summed E-state index contributed by atoms with van der Waals surface area (Å²) in [4.78, 5) is 4.46. The van der Waals surface area contributed by atoms with E-state index in [9.17, 15) is 0 Å². The van der Waals surface area contributed by atoms with Crippen molar-refractivity contribution in [1.29, 1.82) is 0 Å². The SMILES string of the molecule is Nc1ccccc1CCc1ncc2ccccn12. The van der Waals surface area contributed by atoms with Crippen LogP contribution in [0.15, 0.2) is 54.9 Å². The fourth-order valence-electron chi connectivity index (χ4n) is 2.19. The van der Waals surface area contributed by atoms with E-state index in [1.165, 1.54) is 5.56 Å². The third-order valence-corrected chi connectivity index (χ3v) is 3.19. The quantitative estimate of drug-likeness (QED) is 0.712. The first-order valence-electron chi connectivity index (χ1n) is 6.09. The van der Waals surface area contributed by atoms with Gasteiger partial charge in [0.1, 0.15) is 5.82 Å². The number of nitrogen functional groups attached to an aromatic ring is 1. The molecule has 0 saturated heterocycles. The van der Waals surface area contributed by atoms with Crippen LogP contribution in [0.4, 0.5) is 5.69 Å². The molecule has 0 aliphatic carbocycles. The van der Waals surface area contributed by atoms with E-state index in [4.69, 9.17) is 5.73 Å². The molecule has 0 spiro atoms. The first kappa shape index (κ1) is 10.8. The molecule has 0 radical (unpaired) electrons. The van der Waals surface area contributed by atoms with Crippen molar-refractivity contribution in [3.63, 3.8) is 0 Å². The van der Waals surface area contributed by atoms with Crippen LogP contribution in [-0.2, 0) is 12.8 Å². The molecule has 0 fully saturated rings. The minimum Gasteiger partial charge on any atom is -0.399 e. The highest BCUT2D eigenvalue weighted by Crippen LogP contribution is 2.14. The number of aromatic nitrogens is 2. The summed E-state index contributed by atoms with van der Waals surface area (Å²) in [7, 11) is 0. The summed E-state index contributed by atoms with van der Waals surface area (Å²) in [5.74, 6) is 1.08. The molecule has 0 bridgehead atoms. The molecule has 0 unspecified atom stereocenters. The number of aryl methyl sites for hydroxylation is 2. The summed E-state index contributed by atoms with van der Waals surface area (Å²) < 4.78 is 2.12. The standard InChI is InChI=1S/C15H15N3/c16-14-7-2-1-5-12(14)8-9-15-17-11-13-6-3-4-10-18(13)15/h1-7,10-11H,8-9,16H2. The number of imidazole rings is 1. The Kier molecular flexibility index (Phi) is 2.73. The summed E-state index contributed by atoms with van der Waals surface area (Å²) >= 11 is 0. The molecule has 2 heterocycles. The van der Waals surface area contributed by atoms with Gasteiger partial charge in [0.15, 0.2) is 0 Å². The third kappa shape index (κ3) is 1.95. The molecule has 0 saturated carbocycles. The fourth-order valence-corrected chi connectivity index (χ4v) is 2.19. The third-order valence-electron chi connectivity index (χ3n) is 3.19. The zero-order valence-electron chi connectivity index (χ0n) is 10.1. The van der Waals surface area contributed by atoms with Crippen molar-refractivity contribution in [2.24, 2.45) is 0 Å². The van der Waals surface area contributed by atoms with Crippen molar-refractivity contribution >= 4 is 11.2 Å². The normalized spacial score (nSPS) is 10.9. The van der Waals surface area contributed by atoms with Crippen LogP contribution in [0.2, 0.25) is 0 Å². The Morgan fingerprint density at radius 1 is 1.00 bits per heavy atom. The lowest BCUT2D eigenvalue weighted by Gasteiger charge is -2.04.